The zero-order valence-electron chi connectivity index (χ0n) is 16.2. The van der Waals surface area contributed by atoms with Crippen LogP contribution in [0, 0.1) is 5.92 Å². The van der Waals surface area contributed by atoms with Crippen molar-refractivity contribution in [3.05, 3.63) is 28.8 Å². The number of hydrogen-bond acceptors (Lipinski definition) is 4. The Kier molecular flexibility index (Phi) is 8.54. The lowest BCUT2D eigenvalue weighted by Crippen LogP contribution is -2.41. The molecule has 0 saturated carbocycles. The molecule has 1 fully saturated rings. The number of rotatable bonds is 8. The number of piperidine rings is 1. The molecule has 150 valence electrons. The molecule has 1 aromatic carbocycles. The first-order valence-electron chi connectivity index (χ1n) is 9.61. The van der Waals surface area contributed by atoms with Gasteiger partial charge in [0.25, 0.3) is 5.91 Å². The van der Waals surface area contributed by atoms with Gasteiger partial charge in [-0.15, -0.1) is 0 Å². The van der Waals surface area contributed by atoms with Crippen molar-refractivity contribution in [1.29, 1.82) is 0 Å². The molecule has 1 saturated heterocycles. The quantitative estimate of drug-likeness (QED) is 0.661. The summed E-state index contributed by atoms with van der Waals surface area (Å²) in [5.74, 6) is 0.0910. The highest BCUT2D eigenvalue weighted by molar-refractivity contribution is 6.34. The second kappa shape index (κ2) is 10.6. The minimum Gasteiger partial charge on any atom is -0.378 e. The van der Waals surface area contributed by atoms with Crippen LogP contribution in [0.5, 0.6) is 0 Å². The fraction of sp³-hybridized carbons (Fsp3) is 0.600. The van der Waals surface area contributed by atoms with Gasteiger partial charge in [0, 0.05) is 31.8 Å². The van der Waals surface area contributed by atoms with Crippen LogP contribution in [0.4, 0.5) is 5.69 Å². The van der Waals surface area contributed by atoms with Gasteiger partial charge in [-0.05, 0) is 49.9 Å². The van der Waals surface area contributed by atoms with Crippen LogP contribution in [0.25, 0.3) is 0 Å². The predicted octanol–water partition coefficient (Wildman–Crippen LogP) is 3.29. The SMILES string of the molecule is CC(C)CC(=O)Nc1ccc(Cl)c(C(=O)N2CCC(OCCCN)CC2)c1. The third kappa shape index (κ3) is 6.79. The molecule has 0 atom stereocenters. The van der Waals surface area contributed by atoms with E-state index < -0.39 is 0 Å². The number of carbonyl (C=O) groups excluding carboxylic acids is 2. The van der Waals surface area contributed by atoms with Gasteiger partial charge in [-0.2, -0.15) is 0 Å². The van der Waals surface area contributed by atoms with Crippen LogP contribution in [0.1, 0.15) is 49.9 Å². The van der Waals surface area contributed by atoms with Gasteiger partial charge in [0.1, 0.15) is 0 Å². The number of hydrogen-bond donors (Lipinski definition) is 2. The Labute approximate surface area is 166 Å². The Bertz CT molecular complexity index is 643. The highest BCUT2D eigenvalue weighted by Gasteiger charge is 2.25. The van der Waals surface area contributed by atoms with E-state index in [1.807, 2.05) is 13.8 Å². The monoisotopic (exact) mass is 395 g/mol. The molecule has 1 aliphatic heterocycles. The molecule has 7 heteroatoms. The van der Waals surface area contributed by atoms with Crippen LogP contribution in [-0.4, -0.2) is 49.1 Å². The van der Waals surface area contributed by atoms with Crippen molar-refractivity contribution in [3.8, 4) is 0 Å². The van der Waals surface area contributed by atoms with Crippen molar-refractivity contribution in [2.75, 3.05) is 31.6 Å². The highest BCUT2D eigenvalue weighted by atomic mass is 35.5. The summed E-state index contributed by atoms with van der Waals surface area (Å²) in [4.78, 5) is 26.6. The third-order valence-corrected chi connectivity index (χ3v) is 4.83. The molecule has 27 heavy (non-hydrogen) atoms. The van der Waals surface area contributed by atoms with Gasteiger partial charge in [0.15, 0.2) is 0 Å². The Hall–Kier alpha value is -1.63. The fourth-order valence-electron chi connectivity index (χ4n) is 3.08. The average molecular weight is 396 g/mol. The zero-order valence-corrected chi connectivity index (χ0v) is 16.9. The van der Waals surface area contributed by atoms with E-state index in [0.717, 1.165) is 19.3 Å². The standard InChI is InChI=1S/C20H30ClN3O3/c1-14(2)12-19(25)23-15-4-5-18(21)17(13-15)20(26)24-9-6-16(7-10-24)27-11-3-8-22/h4-5,13-14,16H,3,6-12,22H2,1-2H3,(H,23,25). The van der Waals surface area contributed by atoms with Gasteiger partial charge in [-0.25, -0.2) is 0 Å². The maximum absolute atomic E-state index is 12.9. The molecule has 0 aromatic heterocycles. The number of benzene rings is 1. The minimum absolute atomic E-state index is 0.0684. The Morgan fingerprint density at radius 3 is 2.67 bits per heavy atom. The first-order valence-corrected chi connectivity index (χ1v) is 9.98. The maximum Gasteiger partial charge on any atom is 0.255 e. The topological polar surface area (TPSA) is 84.7 Å². The van der Waals surface area contributed by atoms with E-state index in [0.29, 0.717) is 48.9 Å². The smallest absolute Gasteiger partial charge is 0.255 e. The van der Waals surface area contributed by atoms with E-state index in [9.17, 15) is 9.59 Å². The van der Waals surface area contributed by atoms with Crippen LogP contribution >= 0.6 is 11.6 Å². The van der Waals surface area contributed by atoms with Crippen LogP contribution in [0.2, 0.25) is 5.02 Å². The van der Waals surface area contributed by atoms with Crippen molar-refractivity contribution >= 4 is 29.1 Å². The highest BCUT2D eigenvalue weighted by Crippen LogP contribution is 2.24. The van der Waals surface area contributed by atoms with E-state index in [1.54, 1.807) is 23.1 Å². The van der Waals surface area contributed by atoms with E-state index in [-0.39, 0.29) is 23.8 Å². The van der Waals surface area contributed by atoms with Gasteiger partial charge in [0.2, 0.25) is 5.91 Å². The van der Waals surface area contributed by atoms with Crippen LogP contribution in [0.15, 0.2) is 18.2 Å². The fourth-order valence-corrected chi connectivity index (χ4v) is 3.28. The molecule has 1 heterocycles. The molecule has 0 radical (unpaired) electrons. The summed E-state index contributed by atoms with van der Waals surface area (Å²) in [7, 11) is 0. The molecule has 0 bridgehead atoms. The molecular formula is C20H30ClN3O3. The number of nitrogens with one attached hydrogen (secondary N) is 1. The Morgan fingerprint density at radius 1 is 1.33 bits per heavy atom. The molecule has 0 spiro atoms. The van der Waals surface area contributed by atoms with Gasteiger partial charge < -0.3 is 20.7 Å². The van der Waals surface area contributed by atoms with Crippen LogP contribution in [-0.2, 0) is 9.53 Å². The van der Waals surface area contributed by atoms with Crippen LogP contribution < -0.4 is 11.1 Å². The summed E-state index contributed by atoms with van der Waals surface area (Å²) in [6.07, 6.45) is 3.07. The minimum atomic E-state index is -0.111. The lowest BCUT2D eigenvalue weighted by molar-refractivity contribution is -0.116. The van der Waals surface area contributed by atoms with Gasteiger partial charge in [0.05, 0.1) is 16.7 Å². The molecule has 1 aromatic rings. The van der Waals surface area contributed by atoms with E-state index in [4.69, 9.17) is 22.1 Å². The van der Waals surface area contributed by atoms with Crippen LogP contribution in [0.3, 0.4) is 0 Å². The molecule has 1 aliphatic rings. The lowest BCUT2D eigenvalue weighted by atomic mass is 10.1. The first kappa shape index (κ1) is 21.7. The van der Waals surface area contributed by atoms with E-state index >= 15 is 0 Å². The second-order valence-electron chi connectivity index (χ2n) is 7.35. The molecule has 2 amide bonds. The normalized spacial score (nSPS) is 15.2. The molecule has 0 unspecified atom stereocenters. The Balaban J connectivity index is 1.96. The largest absolute Gasteiger partial charge is 0.378 e. The number of nitrogens with zero attached hydrogens (tertiary/aromatic N) is 1. The molecule has 3 N–H and O–H groups in total. The van der Waals surface area contributed by atoms with Crippen molar-refractivity contribution in [2.24, 2.45) is 11.7 Å². The zero-order chi connectivity index (χ0) is 19.8. The van der Waals surface area contributed by atoms with Gasteiger partial charge >= 0.3 is 0 Å². The summed E-state index contributed by atoms with van der Waals surface area (Å²) < 4.78 is 5.78. The first-order chi connectivity index (χ1) is 12.9. The maximum atomic E-state index is 12.9. The molecular weight excluding hydrogens is 366 g/mol. The summed E-state index contributed by atoms with van der Waals surface area (Å²) >= 11 is 6.25. The number of likely N-dealkylation sites (tertiary alicyclic amines) is 1. The number of halogens is 1. The predicted molar refractivity (Wildman–Crippen MR) is 108 cm³/mol. The van der Waals surface area contributed by atoms with Crippen molar-refractivity contribution < 1.29 is 14.3 Å². The van der Waals surface area contributed by atoms with Gasteiger partial charge in [-0.1, -0.05) is 25.4 Å². The third-order valence-electron chi connectivity index (χ3n) is 4.51. The summed E-state index contributed by atoms with van der Waals surface area (Å²) in [6, 6.07) is 5.03. The Morgan fingerprint density at radius 2 is 2.04 bits per heavy atom. The van der Waals surface area contributed by atoms with Gasteiger partial charge in [-0.3, -0.25) is 9.59 Å². The number of ether oxygens (including phenoxy) is 1. The second-order valence-corrected chi connectivity index (χ2v) is 7.75. The average Bonchev–Trinajstić information content (AvgIpc) is 2.63. The molecule has 0 aliphatic carbocycles. The van der Waals surface area contributed by atoms with Crippen molar-refractivity contribution in [2.45, 2.75) is 45.6 Å². The number of amides is 2. The summed E-state index contributed by atoms with van der Waals surface area (Å²) in [6.45, 7) is 6.53. The summed E-state index contributed by atoms with van der Waals surface area (Å²) in [5, 5.41) is 3.23. The molecule has 2 rings (SSSR count). The number of carbonyl (C=O) groups is 2. The summed E-state index contributed by atoms with van der Waals surface area (Å²) in [5.41, 5.74) is 6.49. The number of nitrogens with two attached hydrogens (primary N) is 1. The van der Waals surface area contributed by atoms with Crippen molar-refractivity contribution in [1.82, 2.24) is 4.90 Å². The lowest BCUT2D eigenvalue weighted by Gasteiger charge is -2.32. The van der Waals surface area contributed by atoms with Crippen molar-refractivity contribution in [3.63, 3.8) is 0 Å². The molecule has 6 nitrogen and oxygen atoms in total. The van der Waals surface area contributed by atoms with E-state index in [2.05, 4.69) is 5.32 Å². The number of anilines is 1. The van der Waals surface area contributed by atoms with E-state index in [1.165, 1.54) is 0 Å².